The minimum absolute atomic E-state index is 0.229. The first-order chi connectivity index (χ1) is 14.7. The second-order valence-electron chi connectivity index (χ2n) is 7.66. The maximum absolute atomic E-state index is 12.0. The highest BCUT2D eigenvalue weighted by molar-refractivity contribution is 6.02. The Kier molecular flexibility index (Phi) is 6.07. The summed E-state index contributed by atoms with van der Waals surface area (Å²) in [7, 11) is 1.59. The molecule has 0 atom stereocenters. The number of rotatable bonds is 5. The Hall–Kier alpha value is -3.21. The van der Waals surface area contributed by atoms with E-state index in [0.29, 0.717) is 12.3 Å². The van der Waals surface area contributed by atoms with Gasteiger partial charge in [0.05, 0.1) is 11.2 Å². The number of para-hydroxylation sites is 1. The molecule has 1 fully saturated rings. The van der Waals surface area contributed by atoms with Crippen molar-refractivity contribution in [1.82, 2.24) is 9.88 Å². The van der Waals surface area contributed by atoms with Crippen LogP contribution >= 0.6 is 0 Å². The van der Waals surface area contributed by atoms with E-state index in [0.717, 1.165) is 59.2 Å². The van der Waals surface area contributed by atoms with Crippen LogP contribution in [0.5, 0.6) is 0 Å². The van der Waals surface area contributed by atoms with Gasteiger partial charge in [0.25, 0.3) is 0 Å². The minimum atomic E-state index is 0.229. The molecule has 5 heteroatoms. The van der Waals surface area contributed by atoms with Crippen LogP contribution in [0, 0.1) is 5.92 Å². The van der Waals surface area contributed by atoms with Gasteiger partial charge < -0.3 is 9.74 Å². The van der Waals surface area contributed by atoms with Gasteiger partial charge in [0.1, 0.15) is 7.11 Å². The van der Waals surface area contributed by atoms with Gasteiger partial charge in [-0.05, 0) is 36.1 Å². The molecule has 4 rings (SSSR count). The van der Waals surface area contributed by atoms with E-state index in [1.165, 1.54) is 0 Å². The molecule has 1 saturated heterocycles. The zero-order valence-corrected chi connectivity index (χ0v) is 17.5. The molecule has 0 N–H and O–H groups in total. The number of aromatic nitrogens is 1. The maximum Gasteiger partial charge on any atom is 0.222 e. The molecule has 0 aliphatic carbocycles. The minimum Gasteiger partial charge on any atom is -0.399 e. The molecule has 0 spiro atoms. The summed E-state index contributed by atoms with van der Waals surface area (Å²) in [6, 6.07) is 18.7. The third-order valence-corrected chi connectivity index (χ3v) is 5.83. The van der Waals surface area contributed by atoms with Gasteiger partial charge in [-0.25, -0.2) is 0 Å². The first-order valence-electron chi connectivity index (χ1n) is 10.5. The molecular weight excluding hydrogens is 374 g/mol. The van der Waals surface area contributed by atoms with Gasteiger partial charge in [-0.2, -0.15) is 0 Å². The molecular formula is C25H27N3O2. The SMILES string of the molecule is CCC(=O)N1CCC(/C(=N/OC)c2ccc(-c3cnc4ccccc4c3)cc2)CC1. The Morgan fingerprint density at radius 2 is 1.83 bits per heavy atom. The molecule has 0 saturated carbocycles. The topological polar surface area (TPSA) is 54.8 Å². The van der Waals surface area contributed by atoms with Crippen LogP contribution < -0.4 is 0 Å². The molecule has 1 aliphatic heterocycles. The molecule has 154 valence electrons. The summed E-state index contributed by atoms with van der Waals surface area (Å²) >= 11 is 0. The van der Waals surface area contributed by atoms with E-state index in [4.69, 9.17) is 4.84 Å². The molecule has 1 aromatic heterocycles. The van der Waals surface area contributed by atoms with Crippen LogP contribution in [0.2, 0.25) is 0 Å². The lowest BCUT2D eigenvalue weighted by atomic mass is 9.87. The molecule has 0 bridgehead atoms. The third-order valence-electron chi connectivity index (χ3n) is 5.83. The number of pyridine rings is 1. The van der Waals surface area contributed by atoms with E-state index in [9.17, 15) is 4.79 Å². The van der Waals surface area contributed by atoms with E-state index in [2.05, 4.69) is 46.5 Å². The second kappa shape index (κ2) is 9.08. The first kappa shape index (κ1) is 20.1. The Morgan fingerprint density at radius 3 is 2.53 bits per heavy atom. The Labute approximate surface area is 177 Å². The number of oxime groups is 1. The summed E-state index contributed by atoms with van der Waals surface area (Å²) < 4.78 is 0. The Bertz CT molecular complexity index is 1050. The smallest absolute Gasteiger partial charge is 0.222 e. The summed E-state index contributed by atoms with van der Waals surface area (Å²) in [6.45, 7) is 3.47. The monoisotopic (exact) mass is 401 g/mol. The van der Waals surface area contributed by atoms with Crippen LogP contribution in [0.25, 0.3) is 22.0 Å². The highest BCUT2D eigenvalue weighted by atomic mass is 16.6. The average Bonchev–Trinajstić information content (AvgIpc) is 2.82. The van der Waals surface area contributed by atoms with Crippen molar-refractivity contribution in [2.75, 3.05) is 20.2 Å². The molecule has 0 unspecified atom stereocenters. The summed E-state index contributed by atoms with van der Waals surface area (Å²) in [5.41, 5.74) is 5.24. The van der Waals surface area contributed by atoms with Gasteiger partial charge in [-0.3, -0.25) is 9.78 Å². The predicted octanol–water partition coefficient (Wildman–Crippen LogP) is 4.90. The highest BCUT2D eigenvalue weighted by Gasteiger charge is 2.26. The molecule has 1 amide bonds. The van der Waals surface area contributed by atoms with Crippen molar-refractivity contribution in [2.45, 2.75) is 26.2 Å². The van der Waals surface area contributed by atoms with Crippen molar-refractivity contribution in [3.05, 3.63) is 66.4 Å². The van der Waals surface area contributed by atoms with Gasteiger partial charge in [0.15, 0.2) is 0 Å². The number of hydrogen-bond donors (Lipinski definition) is 0. The maximum atomic E-state index is 12.0. The number of amides is 1. The van der Waals surface area contributed by atoms with Gasteiger partial charge in [0, 0.05) is 42.6 Å². The van der Waals surface area contributed by atoms with Gasteiger partial charge in [-0.1, -0.05) is 54.5 Å². The fraction of sp³-hybridized carbons (Fsp3) is 0.320. The van der Waals surface area contributed by atoms with E-state index in [1.807, 2.05) is 36.2 Å². The molecule has 0 radical (unpaired) electrons. The summed E-state index contributed by atoms with van der Waals surface area (Å²) in [5.74, 6) is 0.520. The largest absolute Gasteiger partial charge is 0.399 e. The van der Waals surface area contributed by atoms with E-state index in [-0.39, 0.29) is 5.91 Å². The van der Waals surface area contributed by atoms with Crippen molar-refractivity contribution in [3.8, 4) is 11.1 Å². The van der Waals surface area contributed by atoms with Crippen LogP contribution in [-0.4, -0.2) is 41.7 Å². The molecule has 2 heterocycles. The lowest BCUT2D eigenvalue weighted by Gasteiger charge is -2.32. The summed E-state index contributed by atoms with van der Waals surface area (Å²) in [5, 5.41) is 5.49. The van der Waals surface area contributed by atoms with Crippen molar-refractivity contribution >= 4 is 22.5 Å². The fourth-order valence-corrected chi connectivity index (χ4v) is 4.15. The number of carbonyl (C=O) groups is 1. The van der Waals surface area contributed by atoms with Gasteiger partial charge in [-0.15, -0.1) is 0 Å². The van der Waals surface area contributed by atoms with Crippen LogP contribution in [0.15, 0.2) is 65.9 Å². The standard InChI is InChI=1S/C25H27N3O2/c1-3-24(29)28-14-12-20(13-15-28)25(27-30-2)19-10-8-18(9-11-19)22-16-21-6-4-5-7-23(21)26-17-22/h4-11,16-17,20H,3,12-15H2,1-2H3/b27-25+. The quantitative estimate of drug-likeness (QED) is 0.451. The first-order valence-corrected chi connectivity index (χ1v) is 10.5. The fourth-order valence-electron chi connectivity index (χ4n) is 4.15. The number of benzene rings is 2. The zero-order chi connectivity index (χ0) is 20.9. The number of fused-ring (bicyclic) bond motifs is 1. The molecule has 5 nitrogen and oxygen atoms in total. The van der Waals surface area contributed by atoms with Crippen LogP contribution in [0.1, 0.15) is 31.7 Å². The van der Waals surface area contributed by atoms with Gasteiger partial charge >= 0.3 is 0 Å². The number of likely N-dealkylation sites (tertiary alicyclic amines) is 1. The number of hydrogen-bond acceptors (Lipinski definition) is 4. The Balaban J connectivity index is 1.53. The van der Waals surface area contributed by atoms with E-state index >= 15 is 0 Å². The second-order valence-corrected chi connectivity index (χ2v) is 7.66. The van der Waals surface area contributed by atoms with Crippen molar-refractivity contribution in [3.63, 3.8) is 0 Å². The third kappa shape index (κ3) is 4.20. The normalized spacial score (nSPS) is 15.4. The highest BCUT2D eigenvalue weighted by Crippen LogP contribution is 2.27. The predicted molar refractivity (Wildman–Crippen MR) is 120 cm³/mol. The number of carbonyl (C=O) groups excluding carboxylic acids is 1. The number of nitrogens with zero attached hydrogens (tertiary/aromatic N) is 3. The van der Waals surface area contributed by atoms with Crippen LogP contribution in [0.3, 0.4) is 0 Å². The van der Waals surface area contributed by atoms with Crippen molar-refractivity contribution < 1.29 is 9.63 Å². The van der Waals surface area contributed by atoms with Gasteiger partial charge in [0.2, 0.25) is 5.91 Å². The van der Waals surface area contributed by atoms with E-state index in [1.54, 1.807) is 7.11 Å². The van der Waals surface area contributed by atoms with E-state index < -0.39 is 0 Å². The van der Waals surface area contributed by atoms with Crippen molar-refractivity contribution in [2.24, 2.45) is 11.1 Å². The lowest BCUT2D eigenvalue weighted by molar-refractivity contribution is -0.131. The average molecular weight is 402 g/mol. The summed E-state index contributed by atoms with van der Waals surface area (Å²) in [4.78, 5) is 23.7. The number of piperidine rings is 1. The van der Waals surface area contributed by atoms with Crippen LogP contribution in [0.4, 0.5) is 0 Å². The zero-order valence-electron chi connectivity index (χ0n) is 17.5. The van der Waals surface area contributed by atoms with Crippen molar-refractivity contribution in [1.29, 1.82) is 0 Å². The summed E-state index contributed by atoms with van der Waals surface area (Å²) in [6.07, 6.45) is 4.30. The Morgan fingerprint density at radius 1 is 1.10 bits per heavy atom. The lowest BCUT2D eigenvalue weighted by Crippen LogP contribution is -2.40. The molecule has 1 aliphatic rings. The molecule has 2 aromatic carbocycles. The molecule has 30 heavy (non-hydrogen) atoms. The van der Waals surface area contributed by atoms with Crippen LogP contribution in [-0.2, 0) is 9.63 Å². The molecule has 3 aromatic rings.